The van der Waals surface area contributed by atoms with Crippen LogP contribution in [0.5, 0.6) is 0 Å². The number of anilines is 1. The average Bonchev–Trinajstić information content (AvgIpc) is 3.07. The van der Waals surface area contributed by atoms with E-state index in [1.165, 1.54) is 16.2 Å². The highest BCUT2D eigenvalue weighted by Crippen LogP contribution is 2.28. The highest BCUT2D eigenvalue weighted by molar-refractivity contribution is 7.13. The molecule has 6 nitrogen and oxygen atoms in total. The predicted octanol–water partition coefficient (Wildman–Crippen LogP) is 3.47. The number of ketones is 1. The van der Waals surface area contributed by atoms with Crippen LogP contribution in [0.25, 0.3) is 0 Å². The van der Waals surface area contributed by atoms with Gasteiger partial charge >= 0.3 is 6.09 Å². The number of hydrogen-bond donors (Lipinski definition) is 1. The number of rotatable bonds is 5. The van der Waals surface area contributed by atoms with Gasteiger partial charge in [0.2, 0.25) is 11.7 Å². The summed E-state index contributed by atoms with van der Waals surface area (Å²) in [5.41, 5.74) is 0.436. The molecule has 0 bridgehead atoms. The van der Waals surface area contributed by atoms with Crippen LogP contribution >= 0.6 is 11.3 Å². The van der Waals surface area contributed by atoms with E-state index in [1.54, 1.807) is 63.5 Å². The van der Waals surface area contributed by atoms with Crippen LogP contribution in [0.2, 0.25) is 0 Å². The summed E-state index contributed by atoms with van der Waals surface area (Å²) in [6.45, 7) is 5.01. The lowest BCUT2D eigenvalue weighted by Crippen LogP contribution is -2.40. The third kappa shape index (κ3) is 5.16. The number of amides is 2. The maximum absolute atomic E-state index is 12.7. The van der Waals surface area contributed by atoms with Crippen LogP contribution < -0.4 is 10.2 Å². The van der Waals surface area contributed by atoms with Gasteiger partial charge in [0.15, 0.2) is 0 Å². The first-order chi connectivity index (χ1) is 12.2. The summed E-state index contributed by atoms with van der Waals surface area (Å²) in [6.07, 6.45) is -0.662. The molecule has 2 rings (SSSR count). The minimum atomic E-state index is -0.662. The Morgan fingerprint density at radius 3 is 2.38 bits per heavy atom. The molecule has 0 aliphatic carbocycles. The van der Waals surface area contributed by atoms with Gasteiger partial charge in [-0.05, 0) is 32.2 Å². The normalized spacial score (nSPS) is 10.9. The Morgan fingerprint density at radius 2 is 1.77 bits per heavy atom. The SMILES string of the molecule is CN(C(=O)CNC(=O)OC(C)(C)C)c1ccsc1C(=O)c1ccccc1. The second-order valence-corrected chi connectivity index (χ2v) is 7.55. The maximum atomic E-state index is 12.7. The lowest BCUT2D eigenvalue weighted by Gasteiger charge is -2.21. The van der Waals surface area contributed by atoms with Crippen molar-refractivity contribution in [3.05, 3.63) is 52.2 Å². The van der Waals surface area contributed by atoms with Gasteiger partial charge in [-0.25, -0.2) is 4.79 Å². The second kappa shape index (κ2) is 8.14. The van der Waals surface area contributed by atoms with Crippen molar-refractivity contribution in [2.24, 2.45) is 0 Å². The van der Waals surface area contributed by atoms with Crippen molar-refractivity contribution in [2.45, 2.75) is 26.4 Å². The topological polar surface area (TPSA) is 75.7 Å². The number of ether oxygens (including phenoxy) is 1. The van der Waals surface area contributed by atoms with Gasteiger partial charge in [-0.2, -0.15) is 0 Å². The van der Waals surface area contributed by atoms with Crippen LogP contribution in [-0.4, -0.2) is 37.0 Å². The molecular formula is C19H22N2O4S. The van der Waals surface area contributed by atoms with E-state index in [9.17, 15) is 14.4 Å². The van der Waals surface area contributed by atoms with Crippen LogP contribution in [-0.2, 0) is 9.53 Å². The van der Waals surface area contributed by atoms with Crippen molar-refractivity contribution < 1.29 is 19.1 Å². The summed E-state index contributed by atoms with van der Waals surface area (Å²) in [5.74, 6) is -0.494. The Balaban J connectivity index is 2.05. The van der Waals surface area contributed by atoms with Gasteiger partial charge in [0.05, 0.1) is 10.6 Å². The van der Waals surface area contributed by atoms with E-state index < -0.39 is 11.7 Å². The zero-order valence-electron chi connectivity index (χ0n) is 15.2. The number of benzene rings is 1. The van der Waals surface area contributed by atoms with Crippen molar-refractivity contribution in [1.29, 1.82) is 0 Å². The van der Waals surface area contributed by atoms with Crippen LogP contribution in [0, 0.1) is 0 Å². The molecule has 0 aliphatic heterocycles. The van der Waals surface area contributed by atoms with E-state index in [-0.39, 0.29) is 18.2 Å². The van der Waals surface area contributed by atoms with E-state index in [0.29, 0.717) is 16.1 Å². The molecule has 26 heavy (non-hydrogen) atoms. The number of nitrogens with one attached hydrogen (secondary N) is 1. The molecule has 1 aromatic carbocycles. The summed E-state index contributed by atoms with van der Waals surface area (Å²) in [6, 6.07) is 10.6. The molecule has 0 aliphatic rings. The molecule has 1 aromatic heterocycles. The molecule has 0 saturated carbocycles. The summed E-state index contributed by atoms with van der Waals surface area (Å²) < 4.78 is 5.11. The molecule has 1 heterocycles. The quantitative estimate of drug-likeness (QED) is 0.813. The minimum absolute atomic E-state index is 0.143. The van der Waals surface area contributed by atoms with Crippen LogP contribution in [0.1, 0.15) is 36.0 Å². The largest absolute Gasteiger partial charge is 0.444 e. The van der Waals surface area contributed by atoms with Gasteiger partial charge in [0, 0.05) is 12.6 Å². The molecule has 0 unspecified atom stereocenters. The standard InChI is InChI=1S/C19H22N2O4S/c1-19(2,3)25-18(24)20-12-15(22)21(4)14-10-11-26-17(14)16(23)13-8-6-5-7-9-13/h5-11H,12H2,1-4H3,(H,20,24). The zero-order valence-corrected chi connectivity index (χ0v) is 16.1. The number of carbonyl (C=O) groups excluding carboxylic acids is 3. The fourth-order valence-corrected chi connectivity index (χ4v) is 3.06. The molecule has 2 aromatic rings. The molecule has 0 radical (unpaired) electrons. The fourth-order valence-electron chi connectivity index (χ4n) is 2.17. The minimum Gasteiger partial charge on any atom is -0.444 e. The number of likely N-dealkylation sites (N-methyl/N-ethyl adjacent to an activating group) is 1. The molecule has 0 spiro atoms. The van der Waals surface area contributed by atoms with Crippen molar-refractivity contribution in [3.63, 3.8) is 0 Å². The highest BCUT2D eigenvalue weighted by Gasteiger charge is 2.22. The number of alkyl carbamates (subject to hydrolysis) is 1. The summed E-state index contributed by atoms with van der Waals surface area (Å²) in [5, 5.41) is 4.19. The molecule has 7 heteroatoms. The molecule has 138 valence electrons. The van der Waals surface area contributed by atoms with Crippen molar-refractivity contribution in [3.8, 4) is 0 Å². The van der Waals surface area contributed by atoms with Gasteiger partial charge < -0.3 is 15.0 Å². The summed E-state index contributed by atoms with van der Waals surface area (Å²) in [7, 11) is 1.57. The maximum Gasteiger partial charge on any atom is 0.408 e. The number of thiophene rings is 1. The second-order valence-electron chi connectivity index (χ2n) is 6.64. The first kappa shape index (κ1) is 19.7. The Bertz CT molecular complexity index is 793. The third-order valence-corrected chi connectivity index (χ3v) is 4.31. The smallest absolute Gasteiger partial charge is 0.408 e. The monoisotopic (exact) mass is 374 g/mol. The molecular weight excluding hydrogens is 352 g/mol. The Labute approximate surface area is 156 Å². The van der Waals surface area contributed by atoms with Gasteiger partial charge in [0.25, 0.3) is 0 Å². The van der Waals surface area contributed by atoms with Crippen LogP contribution in [0.15, 0.2) is 41.8 Å². The lowest BCUT2D eigenvalue weighted by molar-refractivity contribution is -0.117. The van der Waals surface area contributed by atoms with Gasteiger partial charge in [-0.1, -0.05) is 30.3 Å². The van der Waals surface area contributed by atoms with Gasteiger partial charge in [-0.3, -0.25) is 9.59 Å². The predicted molar refractivity (Wildman–Crippen MR) is 102 cm³/mol. The number of hydrogen-bond acceptors (Lipinski definition) is 5. The highest BCUT2D eigenvalue weighted by atomic mass is 32.1. The molecule has 1 N–H and O–H groups in total. The first-order valence-corrected chi connectivity index (χ1v) is 8.97. The first-order valence-electron chi connectivity index (χ1n) is 8.09. The summed E-state index contributed by atoms with van der Waals surface area (Å²) >= 11 is 1.28. The fraction of sp³-hybridized carbons (Fsp3) is 0.316. The number of carbonyl (C=O) groups is 3. The van der Waals surface area contributed by atoms with Crippen LogP contribution in [0.4, 0.5) is 10.5 Å². The average molecular weight is 374 g/mol. The Hall–Kier alpha value is -2.67. The van der Waals surface area contributed by atoms with E-state index >= 15 is 0 Å². The van der Waals surface area contributed by atoms with Crippen LogP contribution in [0.3, 0.4) is 0 Å². The van der Waals surface area contributed by atoms with Gasteiger partial charge in [-0.15, -0.1) is 11.3 Å². The third-order valence-electron chi connectivity index (χ3n) is 3.40. The van der Waals surface area contributed by atoms with Crippen molar-refractivity contribution in [2.75, 3.05) is 18.5 Å². The molecule has 2 amide bonds. The van der Waals surface area contributed by atoms with E-state index in [4.69, 9.17) is 4.74 Å². The summed E-state index contributed by atoms with van der Waals surface area (Å²) in [4.78, 5) is 38.6. The van der Waals surface area contributed by atoms with Crippen molar-refractivity contribution in [1.82, 2.24) is 5.32 Å². The van der Waals surface area contributed by atoms with E-state index in [1.807, 2.05) is 6.07 Å². The van der Waals surface area contributed by atoms with Gasteiger partial charge in [0.1, 0.15) is 12.1 Å². The number of nitrogens with zero attached hydrogens (tertiary/aromatic N) is 1. The van der Waals surface area contributed by atoms with E-state index in [0.717, 1.165) is 0 Å². The Kier molecular flexibility index (Phi) is 6.15. The molecule has 0 fully saturated rings. The zero-order chi connectivity index (χ0) is 19.3. The Morgan fingerprint density at radius 1 is 1.12 bits per heavy atom. The lowest BCUT2D eigenvalue weighted by atomic mass is 10.1. The van der Waals surface area contributed by atoms with Crippen molar-refractivity contribution >= 4 is 34.8 Å². The molecule has 0 saturated heterocycles. The molecule has 0 atom stereocenters. The van der Waals surface area contributed by atoms with E-state index in [2.05, 4.69) is 5.32 Å².